The summed E-state index contributed by atoms with van der Waals surface area (Å²) in [6, 6.07) is 5.09. The predicted molar refractivity (Wildman–Crippen MR) is 72.5 cm³/mol. The van der Waals surface area contributed by atoms with Crippen molar-refractivity contribution in [2.75, 3.05) is 19.8 Å². The van der Waals surface area contributed by atoms with E-state index in [9.17, 15) is 9.90 Å². The highest BCUT2D eigenvalue weighted by molar-refractivity contribution is 5.93. The first-order chi connectivity index (χ1) is 10.2. The largest absolute Gasteiger partial charge is 0.394 e. The van der Waals surface area contributed by atoms with Gasteiger partial charge in [-0.1, -0.05) is 5.16 Å². The molecule has 0 unspecified atom stereocenters. The van der Waals surface area contributed by atoms with Gasteiger partial charge < -0.3 is 19.7 Å². The van der Waals surface area contributed by atoms with Crippen LogP contribution in [0, 0.1) is 0 Å². The lowest BCUT2D eigenvalue weighted by Gasteiger charge is -2.25. The summed E-state index contributed by atoms with van der Waals surface area (Å²) >= 11 is 0. The zero-order valence-corrected chi connectivity index (χ0v) is 11.3. The molecule has 0 bridgehead atoms. The minimum absolute atomic E-state index is 0.168. The third kappa shape index (κ3) is 2.79. The van der Waals surface area contributed by atoms with Crippen molar-refractivity contribution in [2.45, 2.75) is 12.0 Å². The summed E-state index contributed by atoms with van der Waals surface area (Å²) in [4.78, 5) is 16.1. The third-order valence-corrected chi connectivity index (χ3v) is 3.49. The molecule has 2 N–H and O–H groups in total. The molecule has 21 heavy (non-hydrogen) atoms. The predicted octanol–water partition coefficient (Wildman–Crippen LogP) is 0.618. The molecule has 7 nitrogen and oxygen atoms in total. The maximum atomic E-state index is 12.2. The van der Waals surface area contributed by atoms with Gasteiger partial charge in [-0.25, -0.2) is 0 Å². The Morgan fingerprint density at radius 1 is 1.43 bits per heavy atom. The molecule has 1 fully saturated rings. The van der Waals surface area contributed by atoms with Crippen LogP contribution < -0.4 is 5.32 Å². The topological polar surface area (TPSA) is 97.5 Å². The van der Waals surface area contributed by atoms with Crippen molar-refractivity contribution in [2.24, 2.45) is 0 Å². The molecule has 3 heterocycles. The first kappa shape index (κ1) is 13.7. The van der Waals surface area contributed by atoms with E-state index in [0.29, 0.717) is 25.4 Å². The van der Waals surface area contributed by atoms with Crippen molar-refractivity contribution in [3.8, 4) is 11.3 Å². The van der Waals surface area contributed by atoms with Gasteiger partial charge in [0.1, 0.15) is 0 Å². The van der Waals surface area contributed by atoms with Gasteiger partial charge in [0, 0.05) is 30.6 Å². The maximum Gasteiger partial charge on any atom is 0.274 e. The van der Waals surface area contributed by atoms with Gasteiger partial charge in [0.25, 0.3) is 5.91 Å². The van der Waals surface area contributed by atoms with Crippen LogP contribution in [0.15, 0.2) is 35.1 Å². The van der Waals surface area contributed by atoms with E-state index < -0.39 is 11.4 Å². The summed E-state index contributed by atoms with van der Waals surface area (Å²) in [6.07, 6.45) is 3.84. The zero-order valence-electron chi connectivity index (χ0n) is 11.3. The lowest BCUT2D eigenvalue weighted by atomic mass is 10.00. The van der Waals surface area contributed by atoms with Crippen LogP contribution in [-0.2, 0) is 4.74 Å². The number of carbonyl (C=O) groups is 1. The van der Waals surface area contributed by atoms with E-state index in [1.165, 1.54) is 0 Å². The van der Waals surface area contributed by atoms with Crippen LogP contribution in [0.3, 0.4) is 0 Å². The molecule has 0 saturated carbocycles. The number of pyridine rings is 1. The number of ether oxygens (including phenoxy) is 1. The van der Waals surface area contributed by atoms with Crippen molar-refractivity contribution < 1.29 is 19.2 Å². The summed E-state index contributed by atoms with van der Waals surface area (Å²) in [7, 11) is 0. The van der Waals surface area contributed by atoms with Crippen LogP contribution >= 0.6 is 0 Å². The van der Waals surface area contributed by atoms with E-state index >= 15 is 0 Å². The molecule has 1 saturated heterocycles. The number of aromatic nitrogens is 2. The average Bonchev–Trinajstić information content (AvgIpc) is 3.18. The lowest BCUT2D eigenvalue weighted by Crippen LogP contribution is -2.52. The highest BCUT2D eigenvalue weighted by Crippen LogP contribution is 2.21. The Balaban J connectivity index is 1.75. The van der Waals surface area contributed by atoms with Crippen LogP contribution in [0.2, 0.25) is 0 Å². The molecule has 7 heteroatoms. The number of hydrogen-bond donors (Lipinski definition) is 2. The van der Waals surface area contributed by atoms with Gasteiger partial charge in [0.2, 0.25) is 0 Å². The Morgan fingerprint density at radius 3 is 2.90 bits per heavy atom. The van der Waals surface area contributed by atoms with Gasteiger partial charge >= 0.3 is 0 Å². The molecule has 1 aliphatic rings. The molecule has 3 rings (SSSR count). The number of nitrogens with one attached hydrogen (secondary N) is 1. The fourth-order valence-corrected chi connectivity index (χ4v) is 2.21. The first-order valence-corrected chi connectivity index (χ1v) is 6.61. The number of rotatable bonds is 4. The highest BCUT2D eigenvalue weighted by atomic mass is 16.5. The van der Waals surface area contributed by atoms with Gasteiger partial charge in [0.05, 0.1) is 18.8 Å². The fraction of sp³-hybridized carbons (Fsp3) is 0.357. The molecular weight excluding hydrogens is 274 g/mol. The minimum atomic E-state index is -0.729. The van der Waals surface area contributed by atoms with Crippen molar-refractivity contribution in [1.29, 1.82) is 0 Å². The van der Waals surface area contributed by atoms with Gasteiger partial charge in [-0.05, 0) is 18.6 Å². The van der Waals surface area contributed by atoms with Crippen LogP contribution in [0.5, 0.6) is 0 Å². The molecule has 1 aliphatic heterocycles. The number of aliphatic hydroxyl groups is 1. The van der Waals surface area contributed by atoms with Crippen LogP contribution in [-0.4, -0.2) is 46.5 Å². The van der Waals surface area contributed by atoms with Gasteiger partial charge in [0.15, 0.2) is 11.5 Å². The summed E-state index contributed by atoms with van der Waals surface area (Å²) < 4.78 is 10.4. The fourth-order valence-electron chi connectivity index (χ4n) is 2.21. The van der Waals surface area contributed by atoms with Crippen molar-refractivity contribution >= 4 is 5.91 Å². The van der Waals surface area contributed by atoms with E-state index in [2.05, 4.69) is 15.5 Å². The van der Waals surface area contributed by atoms with Crippen molar-refractivity contribution in [3.05, 3.63) is 36.3 Å². The second-order valence-corrected chi connectivity index (χ2v) is 5.01. The van der Waals surface area contributed by atoms with E-state index in [4.69, 9.17) is 9.26 Å². The maximum absolute atomic E-state index is 12.2. The second kappa shape index (κ2) is 5.63. The van der Waals surface area contributed by atoms with E-state index in [1.807, 2.05) is 0 Å². The number of carbonyl (C=O) groups excluding carboxylic acids is 1. The molecule has 0 spiro atoms. The molecule has 0 aliphatic carbocycles. The first-order valence-electron chi connectivity index (χ1n) is 6.61. The third-order valence-electron chi connectivity index (χ3n) is 3.49. The quantitative estimate of drug-likeness (QED) is 0.856. The normalized spacial score (nSPS) is 21.4. The Morgan fingerprint density at radius 2 is 2.24 bits per heavy atom. The average molecular weight is 289 g/mol. The molecule has 2 aromatic rings. The van der Waals surface area contributed by atoms with Crippen LogP contribution in [0.4, 0.5) is 0 Å². The Hall–Kier alpha value is -2.25. The molecule has 1 atom stereocenters. The van der Waals surface area contributed by atoms with Gasteiger partial charge in [-0.15, -0.1) is 0 Å². The monoisotopic (exact) mass is 289 g/mol. The smallest absolute Gasteiger partial charge is 0.274 e. The Labute approximate surface area is 120 Å². The molecule has 0 aromatic carbocycles. The number of amides is 1. The number of nitrogens with zero attached hydrogens (tertiary/aromatic N) is 2. The van der Waals surface area contributed by atoms with Crippen LogP contribution in [0.1, 0.15) is 16.9 Å². The Bertz CT molecular complexity index is 620. The van der Waals surface area contributed by atoms with Crippen molar-refractivity contribution in [3.63, 3.8) is 0 Å². The highest BCUT2D eigenvalue weighted by Gasteiger charge is 2.36. The number of hydrogen-bond acceptors (Lipinski definition) is 6. The summed E-state index contributed by atoms with van der Waals surface area (Å²) in [6.45, 7) is 0.639. The molecular formula is C14H15N3O4. The summed E-state index contributed by atoms with van der Waals surface area (Å²) in [5, 5.41) is 16.0. The molecule has 110 valence electrons. The van der Waals surface area contributed by atoms with Crippen molar-refractivity contribution in [1.82, 2.24) is 15.5 Å². The summed E-state index contributed by atoms with van der Waals surface area (Å²) in [5.41, 5.74) is 0.228. The standard InChI is InChI=1S/C14H15N3O4/c18-8-14(3-6-20-9-14)16-13(19)11-7-12(21-17-11)10-1-4-15-5-2-10/h1-2,4-5,7,18H,3,6,8-9H2,(H,16,19)/t14-/m1/s1. The van der Waals surface area contributed by atoms with Gasteiger partial charge in [-0.2, -0.15) is 0 Å². The minimum Gasteiger partial charge on any atom is -0.394 e. The molecule has 2 aromatic heterocycles. The van der Waals surface area contributed by atoms with Gasteiger partial charge in [-0.3, -0.25) is 9.78 Å². The number of aliphatic hydroxyl groups excluding tert-OH is 1. The molecule has 0 radical (unpaired) electrons. The van der Waals surface area contributed by atoms with E-state index in [-0.39, 0.29) is 12.3 Å². The molecule has 1 amide bonds. The van der Waals surface area contributed by atoms with E-state index in [0.717, 1.165) is 5.56 Å². The Kier molecular flexibility index (Phi) is 3.68. The van der Waals surface area contributed by atoms with E-state index in [1.54, 1.807) is 30.6 Å². The SMILES string of the molecule is O=C(N[C@@]1(CO)CCOC1)c1cc(-c2ccncc2)on1. The summed E-state index contributed by atoms with van der Waals surface area (Å²) in [5.74, 6) is 0.0990. The second-order valence-electron chi connectivity index (χ2n) is 5.01. The lowest BCUT2D eigenvalue weighted by molar-refractivity contribution is 0.0781. The van der Waals surface area contributed by atoms with Crippen LogP contribution in [0.25, 0.3) is 11.3 Å². The zero-order chi connectivity index (χ0) is 14.7.